The Morgan fingerprint density at radius 1 is 1.47 bits per heavy atom. The maximum Gasteiger partial charge on any atom is 0.337 e. The topological polar surface area (TPSA) is 69.6 Å². The molecule has 0 aromatic heterocycles. The lowest BCUT2D eigenvalue weighted by Crippen LogP contribution is -2.31. The van der Waals surface area contributed by atoms with E-state index >= 15 is 0 Å². The summed E-state index contributed by atoms with van der Waals surface area (Å²) in [4.78, 5) is 24.1. The van der Waals surface area contributed by atoms with Crippen LogP contribution in [0.15, 0.2) is 22.7 Å². The molecular weight excluding hydrogens is 288 g/mol. The van der Waals surface area contributed by atoms with Crippen molar-refractivity contribution >= 4 is 33.6 Å². The van der Waals surface area contributed by atoms with Crippen molar-refractivity contribution in [2.24, 2.45) is 0 Å². The third kappa shape index (κ3) is 3.45. The molecule has 0 aliphatic rings. The summed E-state index contributed by atoms with van der Waals surface area (Å²) in [6.07, 6.45) is 0. The summed E-state index contributed by atoms with van der Waals surface area (Å²) in [7, 11) is 1.63. The molecule has 2 N–H and O–H groups in total. The van der Waals surface area contributed by atoms with Crippen molar-refractivity contribution in [3.63, 3.8) is 0 Å². The summed E-state index contributed by atoms with van der Waals surface area (Å²) < 4.78 is 0.650. The Morgan fingerprint density at radius 3 is 2.65 bits per heavy atom. The van der Waals surface area contributed by atoms with Gasteiger partial charge in [-0.05, 0) is 25.1 Å². The molecule has 0 saturated heterocycles. The zero-order valence-corrected chi connectivity index (χ0v) is 11.1. The maximum atomic E-state index is 11.6. The van der Waals surface area contributed by atoms with E-state index in [2.05, 4.69) is 21.2 Å². The monoisotopic (exact) mass is 300 g/mol. The number of nitrogens with one attached hydrogen (secondary N) is 1. The number of halogens is 1. The fourth-order valence-corrected chi connectivity index (χ4v) is 1.52. The number of benzene rings is 1. The van der Waals surface area contributed by atoms with E-state index in [1.807, 2.05) is 6.92 Å². The number of urea groups is 1. The molecule has 1 aromatic rings. The van der Waals surface area contributed by atoms with E-state index in [1.165, 1.54) is 11.0 Å². The fraction of sp³-hybridized carbons (Fsp3) is 0.273. The van der Waals surface area contributed by atoms with E-state index in [4.69, 9.17) is 5.11 Å². The first-order valence-electron chi connectivity index (χ1n) is 5.00. The zero-order chi connectivity index (χ0) is 13.0. The Labute approximate surface area is 108 Å². The highest BCUT2D eigenvalue weighted by atomic mass is 79.9. The summed E-state index contributed by atoms with van der Waals surface area (Å²) in [5.74, 6) is -1.08. The van der Waals surface area contributed by atoms with Crippen molar-refractivity contribution in [1.29, 1.82) is 0 Å². The Hall–Kier alpha value is -1.56. The van der Waals surface area contributed by atoms with Crippen LogP contribution in [0.4, 0.5) is 10.5 Å². The van der Waals surface area contributed by atoms with Gasteiger partial charge < -0.3 is 15.3 Å². The number of anilines is 1. The summed E-state index contributed by atoms with van der Waals surface area (Å²) in [5.41, 5.74) is 0.336. The van der Waals surface area contributed by atoms with Crippen molar-refractivity contribution in [3.8, 4) is 0 Å². The molecule has 0 aliphatic heterocycles. The smallest absolute Gasteiger partial charge is 0.337 e. The standard InChI is InChI=1S/C11H13BrN2O3/c1-3-14(2)11(17)13-9-5-4-7(12)6-8(9)10(15)16/h4-6H,3H2,1-2H3,(H,13,17)(H,15,16). The number of nitrogens with zero attached hydrogens (tertiary/aromatic N) is 1. The minimum Gasteiger partial charge on any atom is -0.478 e. The third-order valence-corrected chi connectivity index (χ3v) is 2.77. The average molecular weight is 301 g/mol. The van der Waals surface area contributed by atoms with Crippen LogP contribution in [0.3, 0.4) is 0 Å². The molecule has 0 unspecified atom stereocenters. The van der Waals surface area contributed by atoms with E-state index < -0.39 is 5.97 Å². The Balaban J connectivity index is 2.98. The molecule has 92 valence electrons. The fourth-order valence-electron chi connectivity index (χ4n) is 1.16. The first-order valence-corrected chi connectivity index (χ1v) is 5.80. The van der Waals surface area contributed by atoms with E-state index in [-0.39, 0.29) is 17.3 Å². The molecule has 17 heavy (non-hydrogen) atoms. The molecule has 5 nitrogen and oxygen atoms in total. The number of hydrogen-bond acceptors (Lipinski definition) is 2. The quantitative estimate of drug-likeness (QED) is 0.901. The molecular formula is C11H13BrN2O3. The molecule has 0 aliphatic carbocycles. The van der Waals surface area contributed by atoms with E-state index in [0.29, 0.717) is 11.0 Å². The number of aromatic carboxylic acids is 1. The van der Waals surface area contributed by atoms with Crippen molar-refractivity contribution < 1.29 is 14.7 Å². The molecule has 0 fully saturated rings. The van der Waals surface area contributed by atoms with Crippen LogP contribution in [0.1, 0.15) is 17.3 Å². The summed E-state index contributed by atoms with van der Waals surface area (Å²) >= 11 is 3.19. The molecule has 0 radical (unpaired) electrons. The first kappa shape index (κ1) is 13.5. The number of carbonyl (C=O) groups is 2. The molecule has 6 heteroatoms. The lowest BCUT2D eigenvalue weighted by Gasteiger charge is -2.16. The van der Waals surface area contributed by atoms with Gasteiger partial charge in [0, 0.05) is 18.1 Å². The minimum atomic E-state index is -1.08. The largest absolute Gasteiger partial charge is 0.478 e. The van der Waals surface area contributed by atoms with Crippen molar-refractivity contribution in [1.82, 2.24) is 4.90 Å². The molecule has 0 bridgehead atoms. The molecule has 2 amide bonds. The number of amides is 2. The van der Waals surface area contributed by atoms with Gasteiger partial charge in [0.25, 0.3) is 0 Å². The highest BCUT2D eigenvalue weighted by molar-refractivity contribution is 9.10. The van der Waals surface area contributed by atoms with E-state index in [1.54, 1.807) is 19.2 Å². The van der Waals surface area contributed by atoms with Gasteiger partial charge in [0.2, 0.25) is 0 Å². The van der Waals surface area contributed by atoms with Gasteiger partial charge in [-0.1, -0.05) is 15.9 Å². The Bertz CT molecular complexity index is 448. The van der Waals surface area contributed by atoms with Gasteiger partial charge in [-0.3, -0.25) is 0 Å². The van der Waals surface area contributed by atoms with Crippen LogP contribution in [0.5, 0.6) is 0 Å². The van der Waals surface area contributed by atoms with Gasteiger partial charge in [-0.15, -0.1) is 0 Å². The summed E-state index contributed by atoms with van der Waals surface area (Å²) in [6, 6.07) is 4.34. The van der Waals surface area contributed by atoms with E-state index in [9.17, 15) is 9.59 Å². The highest BCUT2D eigenvalue weighted by Gasteiger charge is 2.14. The van der Waals surface area contributed by atoms with Gasteiger partial charge in [0.05, 0.1) is 11.3 Å². The zero-order valence-electron chi connectivity index (χ0n) is 9.53. The third-order valence-electron chi connectivity index (χ3n) is 2.27. The second-order valence-corrected chi connectivity index (χ2v) is 4.36. The number of carboxylic acid groups (broad SMARTS) is 1. The summed E-state index contributed by atoms with van der Waals surface area (Å²) in [5, 5.41) is 11.6. The molecule has 1 aromatic carbocycles. The van der Waals surface area contributed by atoms with E-state index in [0.717, 1.165) is 0 Å². The Kier molecular flexibility index (Phi) is 4.51. The van der Waals surface area contributed by atoms with Crippen LogP contribution < -0.4 is 5.32 Å². The Morgan fingerprint density at radius 2 is 2.12 bits per heavy atom. The second kappa shape index (κ2) is 5.67. The maximum absolute atomic E-state index is 11.6. The van der Waals surface area contributed by atoms with Crippen molar-refractivity contribution in [3.05, 3.63) is 28.2 Å². The molecule has 0 saturated carbocycles. The number of carbonyl (C=O) groups excluding carboxylic acids is 1. The van der Waals surface area contributed by atoms with Crippen molar-refractivity contribution in [2.45, 2.75) is 6.92 Å². The summed E-state index contributed by atoms with van der Waals surface area (Å²) in [6.45, 7) is 2.38. The van der Waals surface area contributed by atoms with Crippen molar-refractivity contribution in [2.75, 3.05) is 18.9 Å². The lowest BCUT2D eigenvalue weighted by atomic mass is 10.2. The molecule has 0 heterocycles. The average Bonchev–Trinajstić information content (AvgIpc) is 2.29. The second-order valence-electron chi connectivity index (χ2n) is 3.44. The highest BCUT2D eigenvalue weighted by Crippen LogP contribution is 2.21. The van der Waals surface area contributed by atoms with Crippen LogP contribution in [0, 0.1) is 0 Å². The minimum absolute atomic E-state index is 0.0530. The number of hydrogen-bond donors (Lipinski definition) is 2. The van der Waals surface area contributed by atoms with Gasteiger partial charge >= 0.3 is 12.0 Å². The van der Waals surface area contributed by atoms with Gasteiger partial charge in [0.15, 0.2) is 0 Å². The van der Waals surface area contributed by atoms with Crippen LogP contribution >= 0.6 is 15.9 Å². The number of rotatable bonds is 3. The van der Waals surface area contributed by atoms with Crippen LogP contribution in [-0.2, 0) is 0 Å². The predicted molar refractivity (Wildman–Crippen MR) is 68.4 cm³/mol. The van der Waals surface area contributed by atoms with Gasteiger partial charge in [0.1, 0.15) is 0 Å². The van der Waals surface area contributed by atoms with Crippen LogP contribution in [0.2, 0.25) is 0 Å². The molecule has 1 rings (SSSR count). The first-order chi connectivity index (χ1) is 7.95. The number of carboxylic acids is 1. The lowest BCUT2D eigenvalue weighted by molar-refractivity contribution is 0.0698. The van der Waals surface area contributed by atoms with Gasteiger partial charge in [-0.25, -0.2) is 9.59 Å². The normalized spacial score (nSPS) is 9.82. The van der Waals surface area contributed by atoms with Crippen LogP contribution in [-0.4, -0.2) is 35.6 Å². The van der Waals surface area contributed by atoms with Crippen LogP contribution in [0.25, 0.3) is 0 Å². The SMILES string of the molecule is CCN(C)C(=O)Nc1ccc(Br)cc1C(=O)O. The molecule has 0 spiro atoms. The molecule has 0 atom stereocenters. The predicted octanol–water partition coefficient (Wildman–Crippen LogP) is 2.63. The van der Waals surface area contributed by atoms with Gasteiger partial charge in [-0.2, -0.15) is 0 Å².